The lowest BCUT2D eigenvalue weighted by molar-refractivity contribution is 0.0761. The summed E-state index contributed by atoms with van der Waals surface area (Å²) in [6, 6.07) is 1.85. The summed E-state index contributed by atoms with van der Waals surface area (Å²) >= 11 is 0. The summed E-state index contributed by atoms with van der Waals surface area (Å²) in [5.41, 5.74) is 0.918. The van der Waals surface area contributed by atoms with Gasteiger partial charge in [0.2, 0.25) is 17.7 Å². The van der Waals surface area contributed by atoms with Gasteiger partial charge in [-0.25, -0.2) is 9.97 Å². The monoisotopic (exact) mass is 318 g/mol. The van der Waals surface area contributed by atoms with Crippen molar-refractivity contribution in [3.05, 3.63) is 29.7 Å². The van der Waals surface area contributed by atoms with Gasteiger partial charge < -0.3 is 14.4 Å². The molecule has 1 N–H and O–H groups in total. The average molecular weight is 318 g/mol. The van der Waals surface area contributed by atoms with Crippen LogP contribution in [0.2, 0.25) is 0 Å². The summed E-state index contributed by atoms with van der Waals surface area (Å²) in [6.45, 7) is 8.27. The van der Waals surface area contributed by atoms with Crippen LogP contribution in [0.25, 0.3) is 0 Å². The first-order valence-electron chi connectivity index (χ1n) is 7.82. The topological polar surface area (TPSA) is 91.4 Å². The van der Waals surface area contributed by atoms with E-state index in [0.717, 1.165) is 12.2 Å². The average Bonchev–Trinajstić information content (AvgIpc) is 3.11. The number of aliphatic hydroxyl groups is 1. The zero-order chi connectivity index (χ0) is 16.4. The molecule has 3 rings (SSSR count). The third-order valence-corrected chi connectivity index (χ3v) is 4.11. The van der Waals surface area contributed by atoms with Crippen molar-refractivity contribution in [2.75, 3.05) is 24.5 Å². The Kier molecular flexibility index (Phi) is 4.53. The smallest absolute Gasteiger partial charge is 0.230 e. The maximum atomic E-state index is 10.5. The molecule has 1 aliphatic rings. The van der Waals surface area contributed by atoms with E-state index < -0.39 is 6.10 Å². The molecule has 3 heterocycles. The van der Waals surface area contributed by atoms with Crippen LogP contribution < -0.4 is 4.90 Å². The van der Waals surface area contributed by atoms with Crippen LogP contribution in [-0.2, 0) is 6.54 Å². The van der Waals surface area contributed by atoms with Gasteiger partial charge in [-0.15, -0.1) is 10.2 Å². The molecule has 1 saturated heterocycles. The predicted molar refractivity (Wildman–Crippen MR) is 83.9 cm³/mol. The highest BCUT2D eigenvalue weighted by molar-refractivity contribution is 5.33. The van der Waals surface area contributed by atoms with Crippen LogP contribution in [0.3, 0.4) is 0 Å². The minimum absolute atomic E-state index is 0.0173. The normalized spacial score (nSPS) is 21.3. The number of likely N-dealkylation sites (N-methyl/N-ethyl adjacent to an activating group) is 1. The molecular weight excluding hydrogens is 296 g/mol. The predicted octanol–water partition coefficient (Wildman–Crippen LogP) is 0.548. The summed E-state index contributed by atoms with van der Waals surface area (Å²) in [5.74, 6) is 1.79. The lowest BCUT2D eigenvalue weighted by atomic mass is 10.2. The van der Waals surface area contributed by atoms with Crippen LogP contribution in [0.5, 0.6) is 0 Å². The number of rotatable bonds is 5. The third-order valence-electron chi connectivity index (χ3n) is 4.11. The van der Waals surface area contributed by atoms with Crippen molar-refractivity contribution < 1.29 is 9.52 Å². The second-order valence-corrected chi connectivity index (χ2v) is 5.82. The SMILES string of the molecule is CCN(Cc1nnc(C)o1)[C@@H]1CN(c2nccc(C)n2)C[C@H]1O. The van der Waals surface area contributed by atoms with Crippen LogP contribution >= 0.6 is 0 Å². The molecule has 0 bridgehead atoms. The second kappa shape index (κ2) is 6.59. The highest BCUT2D eigenvalue weighted by Crippen LogP contribution is 2.22. The van der Waals surface area contributed by atoms with Crippen LogP contribution in [0.4, 0.5) is 5.95 Å². The maximum absolute atomic E-state index is 10.5. The molecule has 0 spiro atoms. The molecule has 2 atom stereocenters. The van der Waals surface area contributed by atoms with Gasteiger partial charge in [0.1, 0.15) is 0 Å². The van der Waals surface area contributed by atoms with Crippen LogP contribution in [0.1, 0.15) is 24.4 Å². The highest BCUT2D eigenvalue weighted by Gasteiger charge is 2.36. The van der Waals surface area contributed by atoms with Gasteiger partial charge in [0.15, 0.2) is 0 Å². The van der Waals surface area contributed by atoms with Crippen LogP contribution in [0, 0.1) is 13.8 Å². The molecule has 0 aromatic carbocycles. The lowest BCUT2D eigenvalue weighted by Gasteiger charge is -2.27. The van der Waals surface area contributed by atoms with Crippen molar-refractivity contribution in [3.63, 3.8) is 0 Å². The molecule has 1 aliphatic heterocycles. The van der Waals surface area contributed by atoms with Crippen molar-refractivity contribution in [1.82, 2.24) is 25.1 Å². The summed E-state index contributed by atoms with van der Waals surface area (Å²) in [6.07, 6.45) is 1.28. The van der Waals surface area contributed by atoms with Crippen LogP contribution in [-0.4, -0.2) is 62.0 Å². The van der Waals surface area contributed by atoms with Gasteiger partial charge in [0.05, 0.1) is 18.7 Å². The van der Waals surface area contributed by atoms with Gasteiger partial charge in [-0.2, -0.15) is 0 Å². The third kappa shape index (κ3) is 3.48. The Labute approximate surface area is 135 Å². The van der Waals surface area contributed by atoms with E-state index >= 15 is 0 Å². The number of aryl methyl sites for hydroxylation is 2. The molecule has 2 aromatic heterocycles. The molecular formula is C15H22N6O2. The largest absolute Gasteiger partial charge is 0.424 e. The fourth-order valence-electron chi connectivity index (χ4n) is 2.92. The number of β-amino-alcohol motifs (C(OH)–C–C–N with tert-alkyl or cyclic N) is 1. The highest BCUT2D eigenvalue weighted by atomic mass is 16.4. The number of hydrogen-bond donors (Lipinski definition) is 1. The summed E-state index contributed by atoms with van der Waals surface area (Å²) in [5, 5.41) is 18.4. The number of anilines is 1. The molecule has 0 radical (unpaired) electrons. The fourth-order valence-corrected chi connectivity index (χ4v) is 2.92. The number of hydrogen-bond acceptors (Lipinski definition) is 8. The standard InChI is InChI=1S/C15H22N6O2/c1-4-20(9-14-19-18-11(3)23-14)12-7-21(8-13(12)22)15-16-6-5-10(2)17-15/h5-6,12-13,22H,4,7-9H2,1-3H3/t12-,13-/m1/s1. The van der Waals surface area contributed by atoms with E-state index in [-0.39, 0.29) is 6.04 Å². The first-order valence-corrected chi connectivity index (χ1v) is 7.82. The molecule has 8 nitrogen and oxygen atoms in total. The lowest BCUT2D eigenvalue weighted by Crippen LogP contribution is -2.42. The Morgan fingerprint density at radius 2 is 2.17 bits per heavy atom. The van der Waals surface area contributed by atoms with Crippen molar-refractivity contribution in [3.8, 4) is 0 Å². The molecule has 23 heavy (non-hydrogen) atoms. The fraction of sp³-hybridized carbons (Fsp3) is 0.600. The molecule has 124 valence electrons. The molecule has 0 unspecified atom stereocenters. The maximum Gasteiger partial charge on any atom is 0.230 e. The Morgan fingerprint density at radius 1 is 1.35 bits per heavy atom. The summed E-state index contributed by atoms with van der Waals surface area (Å²) in [4.78, 5) is 12.9. The van der Waals surface area contributed by atoms with Gasteiger partial charge in [-0.1, -0.05) is 6.92 Å². The van der Waals surface area contributed by atoms with Crippen molar-refractivity contribution >= 4 is 5.95 Å². The minimum Gasteiger partial charge on any atom is -0.424 e. The van der Waals surface area contributed by atoms with E-state index in [9.17, 15) is 5.11 Å². The quantitative estimate of drug-likeness (QED) is 0.854. The number of aromatic nitrogens is 4. The van der Waals surface area contributed by atoms with Crippen LogP contribution in [0.15, 0.2) is 16.7 Å². The Balaban J connectivity index is 1.71. The zero-order valence-corrected chi connectivity index (χ0v) is 13.7. The van der Waals surface area contributed by atoms with Gasteiger partial charge in [0.25, 0.3) is 0 Å². The minimum atomic E-state index is -0.469. The van der Waals surface area contributed by atoms with E-state index in [1.54, 1.807) is 13.1 Å². The van der Waals surface area contributed by atoms with Crippen molar-refractivity contribution in [1.29, 1.82) is 0 Å². The first-order chi connectivity index (χ1) is 11.1. The van der Waals surface area contributed by atoms with E-state index in [1.165, 1.54) is 0 Å². The number of aliphatic hydroxyl groups excluding tert-OH is 1. The van der Waals surface area contributed by atoms with Gasteiger partial charge in [-0.3, -0.25) is 4.90 Å². The van der Waals surface area contributed by atoms with E-state index in [4.69, 9.17) is 4.42 Å². The van der Waals surface area contributed by atoms with Crippen molar-refractivity contribution in [2.24, 2.45) is 0 Å². The van der Waals surface area contributed by atoms with Gasteiger partial charge >= 0.3 is 0 Å². The van der Waals surface area contributed by atoms with E-state index in [1.807, 2.05) is 17.9 Å². The van der Waals surface area contributed by atoms with Crippen molar-refractivity contribution in [2.45, 2.75) is 39.5 Å². The first kappa shape index (κ1) is 15.8. The molecule has 0 aliphatic carbocycles. The molecule has 8 heteroatoms. The number of nitrogens with zero attached hydrogens (tertiary/aromatic N) is 6. The molecule has 1 fully saturated rings. The Bertz CT molecular complexity index is 661. The summed E-state index contributed by atoms with van der Waals surface area (Å²) in [7, 11) is 0. The molecule has 0 saturated carbocycles. The zero-order valence-electron chi connectivity index (χ0n) is 13.7. The van der Waals surface area contributed by atoms with Gasteiger partial charge in [0, 0.05) is 31.9 Å². The summed E-state index contributed by atoms with van der Waals surface area (Å²) < 4.78 is 5.45. The van der Waals surface area contributed by atoms with E-state index in [2.05, 4.69) is 32.0 Å². The molecule has 2 aromatic rings. The molecule has 0 amide bonds. The van der Waals surface area contributed by atoms with E-state index in [0.29, 0.717) is 37.4 Å². The second-order valence-electron chi connectivity index (χ2n) is 5.82. The Morgan fingerprint density at radius 3 is 2.83 bits per heavy atom. The Hall–Kier alpha value is -2.06. The van der Waals surface area contributed by atoms with Gasteiger partial charge in [-0.05, 0) is 19.5 Å².